The zero-order valence-corrected chi connectivity index (χ0v) is 13.5. The summed E-state index contributed by atoms with van der Waals surface area (Å²) in [5, 5.41) is 3.80. The lowest BCUT2D eigenvalue weighted by molar-refractivity contribution is 0.152. The molecule has 1 N–H and O–H groups in total. The molecule has 2 rings (SSSR count). The van der Waals surface area contributed by atoms with Gasteiger partial charge in [0.25, 0.3) is 0 Å². The molecular weight excluding hydrogens is 304 g/mol. The highest BCUT2D eigenvalue weighted by atomic mass is 16.5. The first-order valence-corrected chi connectivity index (χ1v) is 7.68. The Balaban J connectivity index is 1.76. The van der Waals surface area contributed by atoms with Crippen molar-refractivity contribution < 1.29 is 14.3 Å². The van der Waals surface area contributed by atoms with Crippen molar-refractivity contribution in [3.63, 3.8) is 0 Å². The summed E-state index contributed by atoms with van der Waals surface area (Å²) in [5.41, 5.74) is 4.26. The van der Waals surface area contributed by atoms with Crippen LogP contribution in [0, 0.1) is 0 Å². The van der Waals surface area contributed by atoms with Crippen molar-refractivity contribution in [2.75, 3.05) is 13.2 Å². The summed E-state index contributed by atoms with van der Waals surface area (Å²) in [6.07, 6.45) is 4.95. The molecule has 0 aromatic heterocycles. The summed E-state index contributed by atoms with van der Waals surface area (Å²) in [7, 11) is 0. The van der Waals surface area contributed by atoms with E-state index in [0.29, 0.717) is 13.2 Å². The van der Waals surface area contributed by atoms with Crippen molar-refractivity contribution >= 4 is 18.4 Å². The third-order valence-corrected chi connectivity index (χ3v) is 2.98. The molecule has 0 saturated carbocycles. The zero-order chi connectivity index (χ0) is 17.0. The number of carbonyl (C=O) groups is 1. The molecule has 0 atom stereocenters. The van der Waals surface area contributed by atoms with E-state index in [1.54, 1.807) is 6.92 Å². The van der Waals surface area contributed by atoms with Crippen molar-refractivity contribution in [1.82, 2.24) is 5.43 Å². The molecule has 0 fully saturated rings. The van der Waals surface area contributed by atoms with Gasteiger partial charge in [-0.2, -0.15) is 5.10 Å². The smallest absolute Gasteiger partial charge is 0.427 e. The van der Waals surface area contributed by atoms with Crippen LogP contribution in [-0.4, -0.2) is 25.5 Å². The third kappa shape index (κ3) is 6.36. The monoisotopic (exact) mass is 324 g/mol. The first-order valence-electron chi connectivity index (χ1n) is 7.68. The quantitative estimate of drug-likeness (QED) is 0.621. The minimum Gasteiger partial charge on any atom is -0.490 e. The molecule has 2 aromatic carbocycles. The second-order valence-electron chi connectivity index (χ2n) is 4.78. The second-order valence-corrected chi connectivity index (χ2v) is 4.78. The largest absolute Gasteiger partial charge is 0.490 e. The van der Waals surface area contributed by atoms with Crippen molar-refractivity contribution in [1.29, 1.82) is 0 Å². The van der Waals surface area contributed by atoms with Gasteiger partial charge in [-0.3, -0.25) is 0 Å². The van der Waals surface area contributed by atoms with Gasteiger partial charge in [0.05, 0.1) is 12.8 Å². The second kappa shape index (κ2) is 9.84. The molecule has 0 unspecified atom stereocenters. The molecular formula is C19H20N2O3. The van der Waals surface area contributed by atoms with E-state index in [0.717, 1.165) is 16.9 Å². The van der Waals surface area contributed by atoms with E-state index in [9.17, 15) is 4.79 Å². The maximum Gasteiger partial charge on any atom is 0.427 e. The van der Waals surface area contributed by atoms with Crippen LogP contribution < -0.4 is 10.2 Å². The Hall–Kier alpha value is -3.08. The number of hydrazone groups is 1. The summed E-state index contributed by atoms with van der Waals surface area (Å²) >= 11 is 0. The molecule has 24 heavy (non-hydrogen) atoms. The van der Waals surface area contributed by atoms with Gasteiger partial charge in [-0.25, -0.2) is 10.2 Å². The first-order chi connectivity index (χ1) is 11.8. The van der Waals surface area contributed by atoms with Crippen LogP contribution in [0.15, 0.2) is 65.8 Å². The van der Waals surface area contributed by atoms with Gasteiger partial charge in [-0.15, -0.1) is 0 Å². The van der Waals surface area contributed by atoms with Crippen molar-refractivity contribution in [2.45, 2.75) is 6.92 Å². The number of hydrogen-bond acceptors (Lipinski definition) is 4. The fourth-order valence-electron chi connectivity index (χ4n) is 1.87. The molecule has 0 saturated heterocycles. The number of hydrogen-bond donors (Lipinski definition) is 1. The van der Waals surface area contributed by atoms with Crippen LogP contribution in [-0.2, 0) is 4.74 Å². The number of nitrogens with zero attached hydrogens (tertiary/aromatic N) is 1. The highest BCUT2D eigenvalue weighted by Gasteiger charge is 1.96. The Morgan fingerprint density at radius 2 is 1.83 bits per heavy atom. The third-order valence-electron chi connectivity index (χ3n) is 2.98. The molecule has 0 aliphatic carbocycles. The fraction of sp³-hybridized carbons (Fsp3) is 0.158. The Kier molecular flexibility index (Phi) is 7.08. The number of benzene rings is 2. The van der Waals surface area contributed by atoms with E-state index in [1.165, 1.54) is 6.21 Å². The molecule has 0 bridgehead atoms. The maximum atomic E-state index is 11.1. The van der Waals surface area contributed by atoms with Crippen LogP contribution in [0.1, 0.15) is 18.1 Å². The van der Waals surface area contributed by atoms with Crippen LogP contribution in [0.2, 0.25) is 0 Å². The number of ether oxygens (including phenoxy) is 2. The maximum absolute atomic E-state index is 11.1. The van der Waals surface area contributed by atoms with Gasteiger partial charge in [0.2, 0.25) is 0 Å². The van der Waals surface area contributed by atoms with Crippen molar-refractivity contribution in [3.8, 4) is 5.75 Å². The van der Waals surface area contributed by atoms with Crippen LogP contribution in [0.3, 0.4) is 0 Å². The Morgan fingerprint density at radius 1 is 1.08 bits per heavy atom. The van der Waals surface area contributed by atoms with Crippen LogP contribution in [0.25, 0.3) is 6.08 Å². The Morgan fingerprint density at radius 3 is 2.54 bits per heavy atom. The van der Waals surface area contributed by atoms with Gasteiger partial charge >= 0.3 is 6.09 Å². The van der Waals surface area contributed by atoms with E-state index < -0.39 is 6.09 Å². The average Bonchev–Trinajstić information content (AvgIpc) is 2.61. The zero-order valence-electron chi connectivity index (χ0n) is 13.5. The molecule has 5 heteroatoms. The SMILES string of the molecule is CCOC(=O)N/N=C/c1ccc(OC/C=C/c2ccccc2)cc1. The highest BCUT2D eigenvalue weighted by Crippen LogP contribution is 2.11. The molecule has 0 radical (unpaired) electrons. The van der Waals surface area contributed by atoms with E-state index >= 15 is 0 Å². The van der Waals surface area contributed by atoms with Crippen LogP contribution in [0.5, 0.6) is 5.75 Å². The minimum absolute atomic E-state index is 0.312. The molecule has 1 amide bonds. The van der Waals surface area contributed by atoms with Crippen molar-refractivity contribution in [2.24, 2.45) is 5.10 Å². The van der Waals surface area contributed by atoms with Gasteiger partial charge in [0.1, 0.15) is 12.4 Å². The highest BCUT2D eigenvalue weighted by molar-refractivity contribution is 5.81. The summed E-state index contributed by atoms with van der Waals surface area (Å²) in [5.74, 6) is 0.767. The number of nitrogens with one attached hydrogen (secondary N) is 1. The van der Waals surface area contributed by atoms with E-state index in [1.807, 2.05) is 66.7 Å². The average molecular weight is 324 g/mol. The number of rotatable bonds is 7. The van der Waals surface area contributed by atoms with Crippen molar-refractivity contribution in [3.05, 3.63) is 71.8 Å². The van der Waals surface area contributed by atoms with Crippen LogP contribution >= 0.6 is 0 Å². The van der Waals surface area contributed by atoms with E-state index in [-0.39, 0.29) is 0 Å². The lowest BCUT2D eigenvalue weighted by atomic mass is 10.2. The van der Waals surface area contributed by atoms with Crippen LogP contribution in [0.4, 0.5) is 4.79 Å². The Bertz CT molecular complexity index is 680. The normalized spacial score (nSPS) is 10.9. The fourth-order valence-corrected chi connectivity index (χ4v) is 1.87. The van der Waals surface area contributed by atoms with Gasteiger partial charge in [-0.05, 0) is 48.4 Å². The van der Waals surface area contributed by atoms with Gasteiger partial charge < -0.3 is 9.47 Å². The predicted molar refractivity (Wildman–Crippen MR) is 95.2 cm³/mol. The van der Waals surface area contributed by atoms with Gasteiger partial charge in [0, 0.05) is 0 Å². The lowest BCUT2D eigenvalue weighted by Gasteiger charge is -2.03. The number of carbonyl (C=O) groups excluding carboxylic acids is 1. The molecule has 5 nitrogen and oxygen atoms in total. The minimum atomic E-state index is -0.570. The molecule has 2 aromatic rings. The molecule has 0 heterocycles. The number of amides is 1. The predicted octanol–water partition coefficient (Wildman–Crippen LogP) is 3.86. The molecule has 124 valence electrons. The van der Waals surface area contributed by atoms with E-state index in [2.05, 4.69) is 10.5 Å². The van der Waals surface area contributed by atoms with Gasteiger partial charge in [0.15, 0.2) is 0 Å². The first kappa shape index (κ1) is 17.3. The lowest BCUT2D eigenvalue weighted by Crippen LogP contribution is -2.18. The summed E-state index contributed by atoms with van der Waals surface area (Å²) in [6, 6.07) is 17.5. The van der Waals surface area contributed by atoms with Gasteiger partial charge in [-0.1, -0.05) is 36.4 Å². The van der Waals surface area contributed by atoms with E-state index in [4.69, 9.17) is 9.47 Å². The standard InChI is InChI=1S/C19H20N2O3/c1-2-23-19(22)21-20-15-17-10-12-18(13-11-17)24-14-6-9-16-7-4-3-5-8-16/h3-13,15H,2,14H2,1H3,(H,21,22)/b9-6+,20-15+. The topological polar surface area (TPSA) is 59.9 Å². The molecule has 0 spiro atoms. The molecule has 0 aliphatic rings. The summed E-state index contributed by atoms with van der Waals surface area (Å²) in [6.45, 7) is 2.54. The molecule has 0 aliphatic heterocycles. The summed E-state index contributed by atoms with van der Waals surface area (Å²) < 4.78 is 10.3. The Labute approximate surface area is 141 Å². The summed E-state index contributed by atoms with van der Waals surface area (Å²) in [4.78, 5) is 11.1.